The molecule has 6 heteroatoms. The van der Waals surface area contributed by atoms with Gasteiger partial charge in [0.25, 0.3) is 6.71 Å². The maximum Gasteiger partial charge on any atom is 0.252 e. The van der Waals surface area contributed by atoms with Gasteiger partial charge in [-0.2, -0.15) is 0 Å². The van der Waals surface area contributed by atoms with E-state index in [0.717, 1.165) is 120 Å². The largest absolute Gasteiger partial charge is 0.310 e. The zero-order valence-electron chi connectivity index (χ0n) is 88.6. The lowest BCUT2D eigenvalue weighted by molar-refractivity contribution is 0.591. The minimum atomic E-state index is -1.14. The minimum Gasteiger partial charge on any atom is -0.310 e. The summed E-state index contributed by atoms with van der Waals surface area (Å²) in [6.45, 7) is 5.42. The molecule has 606 valence electrons. The highest BCUT2D eigenvalue weighted by molar-refractivity contribution is 7.00. The molecule has 0 bridgehead atoms. The topological polar surface area (TPSA) is 21.3 Å². The van der Waals surface area contributed by atoms with Gasteiger partial charge < -0.3 is 23.5 Å². The molecule has 130 heavy (non-hydrogen) atoms. The number of aromatic nitrogens is 3. The van der Waals surface area contributed by atoms with Gasteiger partial charge in [-0.05, 0) is 247 Å². The number of fused-ring (bicyclic) bond motifs is 22. The Kier molecular flexibility index (Phi) is 12.7. The molecule has 0 aliphatic carbocycles. The number of hydrogen-bond donors (Lipinski definition) is 0. The zero-order chi connectivity index (χ0) is 101. The number of rotatable bonds is 10. The van der Waals surface area contributed by atoms with Crippen LogP contribution in [0.3, 0.4) is 0 Å². The first-order chi connectivity index (χ1) is 71.6. The van der Waals surface area contributed by atoms with E-state index in [-0.39, 0.29) is 84.0 Å². The van der Waals surface area contributed by atoms with E-state index >= 15 is 0 Å². The van der Waals surface area contributed by atoms with Gasteiger partial charge in [-0.15, -0.1) is 0 Å². The first-order valence-corrected chi connectivity index (χ1v) is 43.9. The van der Waals surface area contributed by atoms with Crippen molar-refractivity contribution in [3.8, 4) is 72.7 Å². The highest BCUT2D eigenvalue weighted by Crippen LogP contribution is 2.57. The standard InChI is InChI=1S/C124H82BN5/c1-124(2,3)89-73-106(77-27-6-4-7-28-77)123(107(74-89)87-60-57-83-54-51-80-31-12-15-36-95(80)105(83)70-87)130-118-76-92(128-113-46-23-18-39-100(113)101-40-19-24-47-114(101)128)63-65-110(118)125-109-64-62-91(127-111-44-21-16-37-98(111)99-38-17-22-45-112(99)127)75-117(109)129(119-71-88(72-120(130)121(119)125)84-61-66-116-108(67-84)102-41-20-25-48-115(102)126(116)90-32-8-5-9-33-90)122-96(85-58-55-81-52-49-78-29-10-13-34-93(78)103(81)68-85)42-26-43-97(122)86-59-56-82-53-50-79-30-11-14-35-94(79)104(82)69-86/h4-76H,1-3H3/i16D,17D,18D,19D,21D,22D,23D,24D,37D,38D,39D,40D,44D,45D,46D,47D,71D,72D. The SMILES string of the molecule is [2H]c1c(-c2ccc3c(c2)c2ccccc2n3-c2ccccc2)c([2H])c2c3c1N(c1c(-c4ccc5ccc6ccccc6c5c4)cccc1-c1ccc4ccc5ccccc5c4c1)c1cc(-n4c5c([2H])c([2H])c([2H])c([2H])c5c5c([2H])c([2H])c([2H])c([2H])c54)ccc1B3c1ccc(-n3c4c([2H])c([2H])c([2H])c([2H])c4c4c([2H])c([2H])c([2H])c([2H])c43)cc1N2c1c(-c2ccccc2)cc(C(C)(C)C)cc1-c1ccc2ccc3ccccc3c2c1. The summed E-state index contributed by atoms with van der Waals surface area (Å²) in [4.78, 5) is 4.33. The lowest BCUT2D eigenvalue weighted by Crippen LogP contribution is -2.61. The van der Waals surface area contributed by atoms with Crippen LogP contribution >= 0.6 is 0 Å². The van der Waals surface area contributed by atoms with Crippen LogP contribution in [0.1, 0.15) is 51.0 Å². The second-order valence-electron chi connectivity index (χ2n) is 35.2. The fraction of sp³-hybridized carbons (Fsp3) is 0.0323. The normalized spacial score (nSPS) is 14.6. The third-order valence-electron chi connectivity index (χ3n) is 27.1. The molecule has 0 unspecified atom stereocenters. The second-order valence-corrected chi connectivity index (χ2v) is 35.2. The number of anilines is 6. The number of para-hydroxylation sites is 7. The summed E-state index contributed by atoms with van der Waals surface area (Å²) in [5, 5.41) is 12.9. The highest BCUT2D eigenvalue weighted by Gasteiger charge is 2.46. The molecule has 3 aromatic heterocycles. The van der Waals surface area contributed by atoms with E-state index < -0.39 is 109 Å². The molecule has 2 aliphatic rings. The van der Waals surface area contributed by atoms with Crippen LogP contribution in [-0.4, -0.2) is 20.4 Å². The average molecular weight is 1670 g/mol. The van der Waals surface area contributed by atoms with Gasteiger partial charge >= 0.3 is 0 Å². The second kappa shape index (κ2) is 28.5. The number of benzene rings is 22. The van der Waals surface area contributed by atoms with Crippen molar-refractivity contribution in [3.63, 3.8) is 0 Å². The van der Waals surface area contributed by atoms with Crippen LogP contribution in [0.15, 0.2) is 442 Å². The molecule has 0 radical (unpaired) electrons. The van der Waals surface area contributed by atoms with Crippen molar-refractivity contribution < 1.29 is 24.7 Å². The summed E-state index contributed by atoms with van der Waals surface area (Å²) in [5.41, 5.74) is 13.3. The molecule has 25 aromatic rings. The molecule has 0 N–H and O–H groups in total. The lowest BCUT2D eigenvalue weighted by atomic mass is 9.33. The van der Waals surface area contributed by atoms with Gasteiger partial charge in [0.05, 0.1) is 69.1 Å². The molecule has 0 amide bonds. The maximum atomic E-state index is 12.5. The Bertz CT molecular complexity index is 10000. The summed E-state index contributed by atoms with van der Waals surface area (Å²) < 4.78 is 186. The van der Waals surface area contributed by atoms with E-state index in [9.17, 15) is 24.7 Å². The van der Waals surface area contributed by atoms with Crippen molar-refractivity contribution in [1.29, 1.82) is 0 Å². The fourth-order valence-electron chi connectivity index (χ4n) is 21.2. The fourth-order valence-corrected chi connectivity index (χ4v) is 21.2. The van der Waals surface area contributed by atoms with Gasteiger partial charge in [-0.25, -0.2) is 0 Å². The Labute approximate surface area is 778 Å². The lowest BCUT2D eigenvalue weighted by Gasteiger charge is -2.46. The van der Waals surface area contributed by atoms with Crippen molar-refractivity contribution in [1.82, 2.24) is 13.7 Å². The van der Waals surface area contributed by atoms with Crippen LogP contribution in [0.4, 0.5) is 34.1 Å². The molecule has 0 saturated carbocycles. The summed E-state index contributed by atoms with van der Waals surface area (Å²) in [5.74, 6) is 0. The maximum absolute atomic E-state index is 12.5. The van der Waals surface area contributed by atoms with Crippen LogP contribution < -0.4 is 26.2 Å². The molecular weight excluding hydrogens is 1570 g/mol. The molecule has 0 fully saturated rings. The molecular formula is C124H82BN5. The van der Waals surface area contributed by atoms with Crippen LogP contribution in [0, 0.1) is 0 Å². The first-order valence-electron chi connectivity index (χ1n) is 52.9. The summed E-state index contributed by atoms with van der Waals surface area (Å²) >= 11 is 0. The summed E-state index contributed by atoms with van der Waals surface area (Å²) in [6, 6.07) is 104. The molecule has 22 aromatic carbocycles. The van der Waals surface area contributed by atoms with Crippen LogP contribution in [0.5, 0.6) is 0 Å². The molecule has 5 heterocycles. The number of nitrogens with zero attached hydrogens (tertiary/aromatic N) is 5. The van der Waals surface area contributed by atoms with Gasteiger partial charge in [0.15, 0.2) is 0 Å². The van der Waals surface area contributed by atoms with Gasteiger partial charge in [-0.3, -0.25) is 0 Å². The Balaban J connectivity index is 0.885. The molecule has 0 spiro atoms. The van der Waals surface area contributed by atoms with Crippen molar-refractivity contribution >= 4 is 187 Å². The van der Waals surface area contributed by atoms with Gasteiger partial charge in [-0.1, -0.05) is 342 Å². The molecule has 0 atom stereocenters. The summed E-state index contributed by atoms with van der Waals surface area (Å²) in [6.07, 6.45) is 0. The Morgan fingerprint density at radius 3 is 1.06 bits per heavy atom. The molecule has 2 aliphatic heterocycles. The molecule has 27 rings (SSSR count). The predicted molar refractivity (Wildman–Crippen MR) is 554 cm³/mol. The summed E-state index contributed by atoms with van der Waals surface area (Å²) in [7, 11) is 0. The van der Waals surface area contributed by atoms with E-state index in [1.54, 1.807) is 12.1 Å². The predicted octanol–water partition coefficient (Wildman–Crippen LogP) is 31.6. The third-order valence-corrected chi connectivity index (χ3v) is 27.1. The third kappa shape index (κ3) is 11.2. The Morgan fingerprint density at radius 2 is 0.592 bits per heavy atom. The monoisotopic (exact) mass is 1670 g/mol. The zero-order valence-corrected chi connectivity index (χ0v) is 70.6. The van der Waals surface area contributed by atoms with E-state index in [0.29, 0.717) is 67.0 Å². The van der Waals surface area contributed by atoms with E-state index in [4.69, 9.17) is 0 Å². The van der Waals surface area contributed by atoms with Crippen LogP contribution in [0.2, 0.25) is 0 Å². The van der Waals surface area contributed by atoms with Crippen molar-refractivity contribution in [2.24, 2.45) is 0 Å². The Morgan fingerprint density at radius 1 is 0.231 bits per heavy atom. The molecule has 0 saturated heterocycles. The van der Waals surface area contributed by atoms with E-state index in [2.05, 4.69) is 241 Å². The van der Waals surface area contributed by atoms with Gasteiger partial charge in [0.1, 0.15) is 0 Å². The van der Waals surface area contributed by atoms with E-state index in [1.165, 1.54) is 9.13 Å². The van der Waals surface area contributed by atoms with Gasteiger partial charge in [0.2, 0.25) is 0 Å². The van der Waals surface area contributed by atoms with Crippen molar-refractivity contribution in [2.45, 2.75) is 26.2 Å². The van der Waals surface area contributed by atoms with E-state index in [1.807, 2.05) is 115 Å². The van der Waals surface area contributed by atoms with Crippen LogP contribution in [0.25, 0.3) is 203 Å². The highest BCUT2D eigenvalue weighted by atomic mass is 15.2. The van der Waals surface area contributed by atoms with Gasteiger partial charge in [0, 0.05) is 94.4 Å². The quantitative estimate of drug-likeness (QED) is 0.101. The average Bonchev–Trinajstić information content (AvgIpc) is 0.997. The first kappa shape index (κ1) is 57.9. The molecule has 5 nitrogen and oxygen atoms in total. The van der Waals surface area contributed by atoms with Crippen LogP contribution in [-0.2, 0) is 5.41 Å². The minimum absolute atomic E-state index is 0.102. The van der Waals surface area contributed by atoms with Crippen molar-refractivity contribution in [2.75, 3.05) is 9.80 Å². The number of hydrogen-bond acceptors (Lipinski definition) is 2. The van der Waals surface area contributed by atoms with Crippen molar-refractivity contribution in [3.05, 3.63) is 448 Å². The Hall–Kier alpha value is -16.5. The smallest absolute Gasteiger partial charge is 0.252 e.